The Morgan fingerprint density at radius 3 is 2.62 bits per heavy atom. The summed E-state index contributed by atoms with van der Waals surface area (Å²) in [6.45, 7) is 0.629. The number of nitrogen functional groups attached to an aromatic ring is 1. The Morgan fingerprint density at radius 1 is 1.05 bits per heavy atom. The molecule has 106 valence electrons. The van der Waals surface area contributed by atoms with E-state index in [1.807, 2.05) is 53.5 Å². The third kappa shape index (κ3) is 3.04. The van der Waals surface area contributed by atoms with E-state index in [-0.39, 0.29) is 0 Å². The van der Waals surface area contributed by atoms with Crippen LogP contribution in [0.3, 0.4) is 0 Å². The van der Waals surface area contributed by atoms with E-state index in [1.54, 1.807) is 6.07 Å². The van der Waals surface area contributed by atoms with Gasteiger partial charge in [0.1, 0.15) is 0 Å². The second kappa shape index (κ2) is 5.80. The summed E-state index contributed by atoms with van der Waals surface area (Å²) in [7, 11) is 0. The lowest BCUT2D eigenvalue weighted by atomic mass is 10.1. The van der Waals surface area contributed by atoms with Crippen LogP contribution in [0.2, 0.25) is 10.0 Å². The maximum absolute atomic E-state index is 6.02. The molecule has 5 heteroatoms. The Kier molecular flexibility index (Phi) is 3.86. The molecule has 3 nitrogen and oxygen atoms in total. The molecule has 0 aliphatic carbocycles. The monoisotopic (exact) mass is 317 g/mol. The fourth-order valence-corrected chi connectivity index (χ4v) is 2.49. The van der Waals surface area contributed by atoms with Gasteiger partial charge in [0.05, 0.1) is 22.8 Å². The van der Waals surface area contributed by atoms with Gasteiger partial charge in [-0.3, -0.25) is 4.68 Å². The van der Waals surface area contributed by atoms with Crippen LogP contribution in [0, 0.1) is 0 Å². The van der Waals surface area contributed by atoms with Crippen LogP contribution in [0.1, 0.15) is 5.56 Å². The average molecular weight is 318 g/mol. The molecule has 21 heavy (non-hydrogen) atoms. The highest BCUT2D eigenvalue weighted by Gasteiger charge is 2.06. The van der Waals surface area contributed by atoms with Gasteiger partial charge < -0.3 is 5.73 Å². The molecule has 0 radical (unpaired) electrons. The summed E-state index contributed by atoms with van der Waals surface area (Å²) >= 11 is 11.9. The van der Waals surface area contributed by atoms with E-state index in [0.29, 0.717) is 16.6 Å². The lowest BCUT2D eigenvalue weighted by Gasteiger charge is -2.04. The van der Waals surface area contributed by atoms with Crippen molar-refractivity contribution >= 4 is 28.9 Å². The van der Waals surface area contributed by atoms with Crippen molar-refractivity contribution in [2.24, 2.45) is 0 Å². The number of nitrogens with two attached hydrogens (primary N) is 1. The SMILES string of the molecule is Nc1ccccc1-c1cnn(Cc2ccc(Cl)c(Cl)c2)c1. The lowest BCUT2D eigenvalue weighted by molar-refractivity contribution is 0.687. The van der Waals surface area contributed by atoms with E-state index in [1.165, 1.54) is 0 Å². The topological polar surface area (TPSA) is 43.8 Å². The zero-order valence-corrected chi connectivity index (χ0v) is 12.6. The van der Waals surface area contributed by atoms with Crippen molar-refractivity contribution in [3.63, 3.8) is 0 Å². The number of anilines is 1. The predicted molar refractivity (Wildman–Crippen MR) is 87.6 cm³/mol. The molecule has 2 aromatic carbocycles. The number of benzene rings is 2. The van der Waals surface area contributed by atoms with Crippen LogP contribution in [0.5, 0.6) is 0 Å². The van der Waals surface area contributed by atoms with Crippen LogP contribution in [-0.4, -0.2) is 9.78 Å². The fourth-order valence-electron chi connectivity index (χ4n) is 2.17. The summed E-state index contributed by atoms with van der Waals surface area (Å²) in [6, 6.07) is 13.3. The number of rotatable bonds is 3. The van der Waals surface area contributed by atoms with Gasteiger partial charge in [-0.15, -0.1) is 0 Å². The first-order valence-electron chi connectivity index (χ1n) is 6.45. The van der Waals surface area contributed by atoms with E-state index in [4.69, 9.17) is 28.9 Å². The third-order valence-corrected chi connectivity index (χ3v) is 3.97. The van der Waals surface area contributed by atoms with Gasteiger partial charge in [-0.05, 0) is 23.8 Å². The average Bonchev–Trinajstić information content (AvgIpc) is 2.92. The minimum absolute atomic E-state index is 0.550. The highest BCUT2D eigenvalue weighted by atomic mass is 35.5. The van der Waals surface area contributed by atoms with E-state index >= 15 is 0 Å². The minimum atomic E-state index is 0.550. The Balaban J connectivity index is 1.85. The molecule has 1 heterocycles. The Labute approximate surface area is 132 Å². The highest BCUT2D eigenvalue weighted by molar-refractivity contribution is 6.42. The van der Waals surface area contributed by atoms with Crippen LogP contribution in [0.15, 0.2) is 54.9 Å². The molecule has 3 aromatic rings. The smallest absolute Gasteiger partial charge is 0.0660 e. The van der Waals surface area contributed by atoms with Crippen molar-refractivity contribution in [1.29, 1.82) is 0 Å². The van der Waals surface area contributed by atoms with Crippen LogP contribution < -0.4 is 5.73 Å². The van der Waals surface area contributed by atoms with Crippen LogP contribution >= 0.6 is 23.2 Å². The van der Waals surface area contributed by atoms with Crippen molar-refractivity contribution in [1.82, 2.24) is 9.78 Å². The molecule has 0 atom stereocenters. The van der Waals surface area contributed by atoms with Crippen LogP contribution in [0.4, 0.5) is 5.69 Å². The van der Waals surface area contributed by atoms with E-state index in [9.17, 15) is 0 Å². The van der Waals surface area contributed by atoms with Gasteiger partial charge in [-0.25, -0.2) is 0 Å². The number of hydrogen-bond donors (Lipinski definition) is 1. The molecular weight excluding hydrogens is 305 g/mol. The zero-order chi connectivity index (χ0) is 14.8. The van der Waals surface area contributed by atoms with E-state index < -0.39 is 0 Å². The van der Waals surface area contributed by atoms with Crippen molar-refractivity contribution in [2.45, 2.75) is 6.54 Å². The largest absolute Gasteiger partial charge is 0.398 e. The van der Waals surface area contributed by atoms with E-state index in [2.05, 4.69) is 5.10 Å². The molecule has 0 aliphatic rings. The minimum Gasteiger partial charge on any atom is -0.398 e. The molecule has 0 saturated carbocycles. The molecule has 0 fully saturated rings. The quantitative estimate of drug-likeness (QED) is 0.723. The third-order valence-electron chi connectivity index (χ3n) is 3.23. The molecule has 0 amide bonds. The van der Waals surface area contributed by atoms with Crippen molar-refractivity contribution in [3.8, 4) is 11.1 Å². The van der Waals surface area contributed by atoms with Crippen molar-refractivity contribution in [3.05, 3.63) is 70.5 Å². The predicted octanol–water partition coefficient (Wildman–Crippen LogP) is 4.49. The summed E-state index contributed by atoms with van der Waals surface area (Å²) < 4.78 is 1.85. The molecular formula is C16H13Cl2N3. The Bertz CT molecular complexity index is 781. The Hall–Kier alpha value is -1.97. The van der Waals surface area contributed by atoms with Gasteiger partial charge in [0.2, 0.25) is 0 Å². The zero-order valence-electron chi connectivity index (χ0n) is 11.1. The fraction of sp³-hybridized carbons (Fsp3) is 0.0625. The second-order valence-corrected chi connectivity index (χ2v) is 5.58. The van der Waals surface area contributed by atoms with Crippen LogP contribution in [-0.2, 0) is 6.54 Å². The standard InChI is InChI=1S/C16H13Cl2N3/c17-14-6-5-11(7-15(14)18)9-21-10-12(8-20-21)13-3-1-2-4-16(13)19/h1-8,10H,9,19H2. The second-order valence-electron chi connectivity index (χ2n) is 4.76. The van der Waals surface area contributed by atoms with Crippen molar-refractivity contribution < 1.29 is 0 Å². The van der Waals surface area contributed by atoms with Gasteiger partial charge in [0.15, 0.2) is 0 Å². The number of nitrogens with zero attached hydrogens (tertiary/aromatic N) is 2. The first-order valence-corrected chi connectivity index (χ1v) is 7.20. The van der Waals surface area contributed by atoms with Gasteiger partial charge in [-0.1, -0.05) is 47.5 Å². The number of halogens is 2. The number of para-hydroxylation sites is 1. The summed E-state index contributed by atoms with van der Waals surface area (Å²) in [6.07, 6.45) is 3.78. The summed E-state index contributed by atoms with van der Waals surface area (Å²) in [5.74, 6) is 0. The van der Waals surface area contributed by atoms with Gasteiger partial charge in [0.25, 0.3) is 0 Å². The molecule has 0 unspecified atom stereocenters. The normalized spacial score (nSPS) is 10.8. The summed E-state index contributed by atoms with van der Waals surface area (Å²) in [5.41, 5.74) is 9.74. The van der Waals surface area contributed by atoms with Crippen LogP contribution in [0.25, 0.3) is 11.1 Å². The van der Waals surface area contributed by atoms with Crippen molar-refractivity contribution in [2.75, 3.05) is 5.73 Å². The first kappa shape index (κ1) is 14.0. The van der Waals surface area contributed by atoms with Gasteiger partial charge >= 0.3 is 0 Å². The molecule has 0 spiro atoms. The molecule has 1 aromatic heterocycles. The summed E-state index contributed by atoms with van der Waals surface area (Å²) in [4.78, 5) is 0. The first-order chi connectivity index (χ1) is 10.1. The lowest BCUT2D eigenvalue weighted by Crippen LogP contribution is -1.99. The maximum Gasteiger partial charge on any atom is 0.0660 e. The Morgan fingerprint density at radius 2 is 1.86 bits per heavy atom. The molecule has 0 bridgehead atoms. The van der Waals surface area contributed by atoms with Gasteiger partial charge in [-0.2, -0.15) is 5.10 Å². The number of aromatic nitrogens is 2. The molecule has 0 aliphatic heterocycles. The summed E-state index contributed by atoms with van der Waals surface area (Å²) in [5, 5.41) is 5.47. The molecule has 2 N–H and O–H groups in total. The highest BCUT2D eigenvalue weighted by Crippen LogP contribution is 2.26. The molecule has 3 rings (SSSR count). The number of hydrogen-bond acceptors (Lipinski definition) is 2. The van der Waals surface area contributed by atoms with Gasteiger partial charge in [0, 0.05) is 23.0 Å². The molecule has 0 saturated heterocycles. The maximum atomic E-state index is 6.02. The van der Waals surface area contributed by atoms with E-state index in [0.717, 1.165) is 22.4 Å².